The lowest BCUT2D eigenvalue weighted by atomic mass is 9.91. The highest BCUT2D eigenvalue weighted by molar-refractivity contribution is 5.88. The molecule has 1 unspecified atom stereocenters. The van der Waals surface area contributed by atoms with Crippen molar-refractivity contribution < 1.29 is 14.3 Å². The standard InChI is InChI=1S/C27H30N4O3/c1-20-19-31(27(32)30-25-17-29-26(33-2)18-28-25)13-11-23(20)15-22-9-6-10-24(16-22)34-14-12-21-7-4-3-5-8-21/h3-10,15-18,20H,11-14,19H2,1-2H3,(H,28,30,32)/b23-15+. The van der Waals surface area contributed by atoms with Crippen LogP contribution in [-0.4, -0.2) is 47.7 Å². The molecule has 7 heteroatoms. The van der Waals surface area contributed by atoms with Crippen molar-refractivity contribution in [1.82, 2.24) is 14.9 Å². The van der Waals surface area contributed by atoms with Gasteiger partial charge in [-0.3, -0.25) is 5.32 Å². The summed E-state index contributed by atoms with van der Waals surface area (Å²) >= 11 is 0. The fraction of sp³-hybridized carbons (Fsp3) is 0.296. The number of amides is 2. The SMILES string of the molecule is COc1cnc(NC(=O)N2CC/C(=C\c3cccc(OCCc4ccccc4)c3)C(C)C2)cn1. The highest BCUT2D eigenvalue weighted by atomic mass is 16.5. The van der Waals surface area contributed by atoms with Crippen LogP contribution < -0.4 is 14.8 Å². The number of hydrogen-bond donors (Lipinski definition) is 1. The highest BCUT2D eigenvalue weighted by Crippen LogP contribution is 2.26. The summed E-state index contributed by atoms with van der Waals surface area (Å²) in [4.78, 5) is 22.7. The van der Waals surface area contributed by atoms with E-state index in [0.29, 0.717) is 31.4 Å². The van der Waals surface area contributed by atoms with Crippen LogP contribution in [0.15, 0.2) is 72.6 Å². The molecule has 7 nitrogen and oxygen atoms in total. The van der Waals surface area contributed by atoms with Crippen molar-refractivity contribution >= 4 is 17.9 Å². The van der Waals surface area contributed by atoms with Crippen LogP contribution in [0.5, 0.6) is 11.6 Å². The quantitative estimate of drug-likeness (QED) is 0.535. The zero-order valence-corrected chi connectivity index (χ0v) is 19.6. The number of nitrogens with one attached hydrogen (secondary N) is 1. The van der Waals surface area contributed by atoms with Gasteiger partial charge in [0.1, 0.15) is 5.75 Å². The zero-order valence-electron chi connectivity index (χ0n) is 19.6. The molecule has 0 radical (unpaired) electrons. The van der Waals surface area contributed by atoms with Gasteiger partial charge in [-0.25, -0.2) is 14.8 Å². The van der Waals surface area contributed by atoms with Crippen LogP contribution in [0.3, 0.4) is 0 Å². The molecule has 2 aromatic carbocycles. The number of urea groups is 1. The van der Waals surface area contributed by atoms with Crippen molar-refractivity contribution in [2.45, 2.75) is 19.8 Å². The van der Waals surface area contributed by atoms with E-state index < -0.39 is 0 Å². The number of aromatic nitrogens is 2. The Kier molecular flexibility index (Phi) is 7.75. The third kappa shape index (κ3) is 6.34. The topological polar surface area (TPSA) is 76.6 Å². The molecule has 1 saturated heterocycles. The molecule has 176 valence electrons. The Balaban J connectivity index is 1.31. The van der Waals surface area contributed by atoms with Gasteiger partial charge in [0, 0.05) is 19.5 Å². The Hall–Kier alpha value is -3.87. The molecule has 1 aliphatic heterocycles. The third-order valence-electron chi connectivity index (χ3n) is 5.87. The molecule has 0 saturated carbocycles. The summed E-state index contributed by atoms with van der Waals surface area (Å²) in [6, 6.07) is 18.4. The molecule has 1 N–H and O–H groups in total. The molecule has 3 aromatic rings. The molecule has 1 aromatic heterocycles. The molecular formula is C27H30N4O3. The lowest BCUT2D eigenvalue weighted by molar-refractivity contribution is 0.197. The lowest BCUT2D eigenvalue weighted by Crippen LogP contribution is -2.42. The van der Waals surface area contributed by atoms with Crippen molar-refractivity contribution in [3.8, 4) is 11.6 Å². The van der Waals surface area contributed by atoms with E-state index in [1.54, 1.807) is 0 Å². The minimum Gasteiger partial charge on any atom is -0.493 e. The summed E-state index contributed by atoms with van der Waals surface area (Å²) in [5, 5.41) is 2.81. The van der Waals surface area contributed by atoms with Gasteiger partial charge in [0.15, 0.2) is 5.82 Å². The van der Waals surface area contributed by atoms with Gasteiger partial charge >= 0.3 is 6.03 Å². The molecule has 2 heterocycles. The fourth-order valence-electron chi connectivity index (χ4n) is 3.96. The van der Waals surface area contributed by atoms with Crippen molar-refractivity contribution in [1.29, 1.82) is 0 Å². The van der Waals surface area contributed by atoms with Crippen LogP contribution in [0, 0.1) is 5.92 Å². The van der Waals surface area contributed by atoms with E-state index in [-0.39, 0.29) is 11.9 Å². The van der Waals surface area contributed by atoms with Gasteiger partial charge in [-0.15, -0.1) is 0 Å². The van der Waals surface area contributed by atoms with Crippen molar-refractivity contribution in [2.24, 2.45) is 5.92 Å². The van der Waals surface area contributed by atoms with E-state index >= 15 is 0 Å². The maximum atomic E-state index is 12.7. The summed E-state index contributed by atoms with van der Waals surface area (Å²) in [5.74, 6) is 1.94. The molecule has 34 heavy (non-hydrogen) atoms. The minimum absolute atomic E-state index is 0.167. The van der Waals surface area contributed by atoms with E-state index in [9.17, 15) is 4.79 Å². The Labute approximate surface area is 200 Å². The predicted molar refractivity (Wildman–Crippen MR) is 133 cm³/mol. The van der Waals surface area contributed by atoms with Crippen LogP contribution in [0.25, 0.3) is 6.08 Å². The number of anilines is 1. The average Bonchev–Trinajstić information content (AvgIpc) is 2.86. The first-order chi connectivity index (χ1) is 16.6. The molecule has 4 rings (SSSR count). The molecule has 0 aliphatic carbocycles. The first-order valence-electron chi connectivity index (χ1n) is 11.5. The molecule has 1 atom stereocenters. The number of likely N-dealkylation sites (tertiary alicyclic amines) is 1. The van der Waals surface area contributed by atoms with Crippen LogP contribution in [-0.2, 0) is 6.42 Å². The monoisotopic (exact) mass is 458 g/mol. The maximum absolute atomic E-state index is 12.7. The number of hydrogen-bond acceptors (Lipinski definition) is 5. The first kappa shape index (κ1) is 23.3. The molecule has 2 amide bonds. The van der Waals surface area contributed by atoms with Crippen LogP contribution >= 0.6 is 0 Å². The summed E-state index contributed by atoms with van der Waals surface area (Å²) in [6.07, 6.45) is 6.89. The molecular weight excluding hydrogens is 428 g/mol. The first-order valence-corrected chi connectivity index (χ1v) is 11.5. The number of rotatable bonds is 7. The van der Waals surface area contributed by atoms with E-state index in [0.717, 1.165) is 24.2 Å². The molecule has 1 fully saturated rings. The molecule has 0 spiro atoms. The summed E-state index contributed by atoms with van der Waals surface area (Å²) in [5.41, 5.74) is 3.71. The average molecular weight is 459 g/mol. The second-order valence-corrected chi connectivity index (χ2v) is 8.35. The van der Waals surface area contributed by atoms with Gasteiger partial charge in [-0.1, -0.05) is 61.0 Å². The number of benzene rings is 2. The van der Waals surface area contributed by atoms with E-state index in [1.165, 1.54) is 30.6 Å². The van der Waals surface area contributed by atoms with Crippen molar-refractivity contribution in [3.63, 3.8) is 0 Å². The van der Waals surface area contributed by atoms with Gasteiger partial charge in [0.25, 0.3) is 0 Å². The number of nitrogens with zero attached hydrogens (tertiary/aromatic N) is 3. The number of carbonyl (C=O) groups excluding carboxylic acids is 1. The largest absolute Gasteiger partial charge is 0.493 e. The van der Waals surface area contributed by atoms with E-state index in [2.05, 4.69) is 52.5 Å². The Bertz CT molecular complexity index is 1120. The maximum Gasteiger partial charge on any atom is 0.323 e. The number of methoxy groups -OCH3 is 1. The Morgan fingerprint density at radius 3 is 2.74 bits per heavy atom. The van der Waals surface area contributed by atoms with E-state index in [4.69, 9.17) is 9.47 Å². The smallest absolute Gasteiger partial charge is 0.323 e. The van der Waals surface area contributed by atoms with Crippen LogP contribution in [0.4, 0.5) is 10.6 Å². The lowest BCUT2D eigenvalue weighted by Gasteiger charge is -2.33. The molecule has 0 bridgehead atoms. The second kappa shape index (κ2) is 11.3. The summed E-state index contributed by atoms with van der Waals surface area (Å²) in [6.45, 7) is 4.09. The fourth-order valence-corrected chi connectivity index (χ4v) is 3.96. The molecule has 1 aliphatic rings. The highest BCUT2D eigenvalue weighted by Gasteiger charge is 2.24. The summed E-state index contributed by atoms with van der Waals surface area (Å²) < 4.78 is 11.0. The Morgan fingerprint density at radius 1 is 1.15 bits per heavy atom. The number of piperidine rings is 1. The second-order valence-electron chi connectivity index (χ2n) is 8.35. The van der Waals surface area contributed by atoms with Crippen LogP contribution in [0.2, 0.25) is 0 Å². The van der Waals surface area contributed by atoms with Gasteiger partial charge in [0.05, 0.1) is 26.1 Å². The minimum atomic E-state index is -0.167. The van der Waals surface area contributed by atoms with Gasteiger partial charge in [-0.05, 0) is 35.6 Å². The van der Waals surface area contributed by atoms with Gasteiger partial charge in [0.2, 0.25) is 5.88 Å². The van der Waals surface area contributed by atoms with Crippen LogP contribution in [0.1, 0.15) is 24.5 Å². The predicted octanol–water partition coefficient (Wildman–Crippen LogP) is 5.06. The zero-order chi connectivity index (χ0) is 23.8. The van der Waals surface area contributed by atoms with Crippen molar-refractivity contribution in [3.05, 3.63) is 83.7 Å². The summed E-state index contributed by atoms with van der Waals surface area (Å²) in [7, 11) is 1.53. The van der Waals surface area contributed by atoms with Gasteiger partial charge in [-0.2, -0.15) is 0 Å². The third-order valence-corrected chi connectivity index (χ3v) is 5.87. The van der Waals surface area contributed by atoms with Gasteiger partial charge < -0.3 is 14.4 Å². The number of ether oxygens (including phenoxy) is 2. The van der Waals surface area contributed by atoms with E-state index in [1.807, 2.05) is 35.2 Å². The normalized spacial score (nSPS) is 16.8. The number of carbonyl (C=O) groups is 1. The van der Waals surface area contributed by atoms with Crippen molar-refractivity contribution in [2.75, 3.05) is 32.1 Å². The Morgan fingerprint density at radius 2 is 2.00 bits per heavy atom.